The molecular formula is C29H33N7O. The van der Waals surface area contributed by atoms with Crippen LogP contribution in [-0.4, -0.2) is 78.4 Å². The number of fused-ring (bicyclic) bond motifs is 2. The number of nitrogens with one attached hydrogen (secondary N) is 1. The molecule has 0 bridgehead atoms. The first-order chi connectivity index (χ1) is 18.1. The number of likely N-dealkylation sites (tertiary alicyclic amines) is 1. The van der Waals surface area contributed by atoms with Gasteiger partial charge in [0.2, 0.25) is 0 Å². The lowest BCUT2D eigenvalue weighted by atomic mass is 9.77. The van der Waals surface area contributed by atoms with Gasteiger partial charge in [0.1, 0.15) is 11.9 Å². The molecule has 0 amide bonds. The Morgan fingerprint density at radius 3 is 2.95 bits per heavy atom. The fraction of sp³-hybridized carbons (Fsp3) is 0.483. The molecule has 1 N–H and O–H groups in total. The van der Waals surface area contributed by atoms with Gasteiger partial charge in [0.25, 0.3) is 0 Å². The van der Waals surface area contributed by atoms with Crippen LogP contribution in [0, 0.1) is 11.3 Å². The van der Waals surface area contributed by atoms with E-state index < -0.39 is 0 Å². The average Bonchev–Trinajstić information content (AvgIpc) is 2.88. The van der Waals surface area contributed by atoms with Crippen LogP contribution in [0.4, 0.5) is 11.5 Å². The van der Waals surface area contributed by atoms with Gasteiger partial charge in [-0.05, 0) is 49.2 Å². The number of ether oxygens (including phenoxy) is 1. The van der Waals surface area contributed by atoms with E-state index in [1.54, 1.807) is 6.20 Å². The minimum Gasteiger partial charge on any atom is -0.370 e. The molecule has 37 heavy (non-hydrogen) atoms. The van der Waals surface area contributed by atoms with E-state index in [4.69, 9.17) is 9.72 Å². The summed E-state index contributed by atoms with van der Waals surface area (Å²) in [5, 5.41) is 14.0. The molecule has 2 atom stereocenters. The molecule has 7 rings (SSSR count). The highest BCUT2D eigenvalue weighted by atomic mass is 16.5. The summed E-state index contributed by atoms with van der Waals surface area (Å²) in [4.78, 5) is 17.1. The van der Waals surface area contributed by atoms with Crippen LogP contribution in [0.15, 0.2) is 42.6 Å². The van der Waals surface area contributed by atoms with Crippen LogP contribution >= 0.6 is 0 Å². The Morgan fingerprint density at radius 2 is 2.11 bits per heavy atom. The van der Waals surface area contributed by atoms with Crippen LogP contribution in [-0.2, 0) is 17.7 Å². The van der Waals surface area contributed by atoms with Crippen molar-refractivity contribution in [3.8, 4) is 6.07 Å². The molecule has 0 unspecified atom stereocenters. The normalized spacial score (nSPS) is 24.9. The van der Waals surface area contributed by atoms with Gasteiger partial charge in [0, 0.05) is 81.7 Å². The second kappa shape index (κ2) is 8.95. The number of nitriles is 1. The SMILES string of the molecule is C[C@@H]1CN(c2ccc(C#N)c3ncccc23)C[C@H](CN2CC3(CCN3c3ccc4c(n3)CCNC4)C2)O1. The zero-order valence-electron chi connectivity index (χ0n) is 21.4. The molecule has 3 saturated heterocycles. The zero-order valence-corrected chi connectivity index (χ0v) is 21.4. The third-order valence-electron chi connectivity index (χ3n) is 8.59. The molecule has 190 valence electrons. The molecule has 3 fully saturated rings. The molecule has 1 aromatic carbocycles. The van der Waals surface area contributed by atoms with Crippen LogP contribution in [0.2, 0.25) is 0 Å². The molecule has 4 aliphatic heterocycles. The first kappa shape index (κ1) is 22.9. The summed E-state index contributed by atoms with van der Waals surface area (Å²) in [7, 11) is 0. The Labute approximate surface area is 217 Å². The number of hydrogen-bond acceptors (Lipinski definition) is 8. The zero-order chi connectivity index (χ0) is 25.0. The van der Waals surface area contributed by atoms with Crippen molar-refractivity contribution in [1.29, 1.82) is 5.26 Å². The van der Waals surface area contributed by atoms with Crippen molar-refractivity contribution < 1.29 is 4.74 Å². The maximum Gasteiger partial charge on any atom is 0.129 e. The smallest absolute Gasteiger partial charge is 0.129 e. The largest absolute Gasteiger partial charge is 0.370 e. The molecule has 1 spiro atoms. The molecule has 0 radical (unpaired) electrons. The molecule has 6 heterocycles. The number of morpholine rings is 1. The Bertz CT molecular complexity index is 1380. The predicted octanol–water partition coefficient (Wildman–Crippen LogP) is 2.71. The number of hydrogen-bond donors (Lipinski definition) is 1. The minimum atomic E-state index is 0.144. The lowest BCUT2D eigenvalue weighted by molar-refractivity contribution is -0.0633. The summed E-state index contributed by atoms with van der Waals surface area (Å²) in [5.41, 5.74) is 5.39. The second-order valence-electron chi connectivity index (χ2n) is 11.1. The van der Waals surface area contributed by atoms with E-state index in [1.165, 1.54) is 17.7 Å². The molecule has 0 saturated carbocycles. The van der Waals surface area contributed by atoms with Gasteiger partial charge in [-0.15, -0.1) is 0 Å². The Balaban J connectivity index is 1.03. The average molecular weight is 496 g/mol. The van der Waals surface area contributed by atoms with Gasteiger partial charge < -0.3 is 19.9 Å². The topological polar surface area (TPSA) is 80.6 Å². The molecule has 2 aromatic heterocycles. The van der Waals surface area contributed by atoms with Gasteiger partial charge >= 0.3 is 0 Å². The molecule has 4 aliphatic rings. The number of rotatable bonds is 4. The number of anilines is 2. The fourth-order valence-corrected chi connectivity index (χ4v) is 6.77. The Morgan fingerprint density at radius 1 is 1.19 bits per heavy atom. The van der Waals surface area contributed by atoms with Gasteiger partial charge in [0.05, 0.1) is 28.8 Å². The molecule has 8 nitrogen and oxygen atoms in total. The van der Waals surface area contributed by atoms with Crippen molar-refractivity contribution in [1.82, 2.24) is 20.2 Å². The summed E-state index contributed by atoms with van der Waals surface area (Å²) in [6.45, 7) is 9.98. The quantitative estimate of drug-likeness (QED) is 0.592. The van der Waals surface area contributed by atoms with E-state index in [-0.39, 0.29) is 17.7 Å². The first-order valence-corrected chi connectivity index (χ1v) is 13.5. The van der Waals surface area contributed by atoms with Crippen LogP contribution in [0.25, 0.3) is 10.9 Å². The lowest BCUT2D eigenvalue weighted by Gasteiger charge is -2.63. The fourth-order valence-electron chi connectivity index (χ4n) is 6.77. The first-order valence-electron chi connectivity index (χ1n) is 13.5. The summed E-state index contributed by atoms with van der Waals surface area (Å²) in [5.74, 6) is 1.15. The van der Waals surface area contributed by atoms with E-state index in [1.807, 2.05) is 12.1 Å². The van der Waals surface area contributed by atoms with Crippen LogP contribution in [0.3, 0.4) is 0 Å². The highest BCUT2D eigenvalue weighted by Gasteiger charge is 2.54. The van der Waals surface area contributed by atoms with Crippen molar-refractivity contribution >= 4 is 22.4 Å². The van der Waals surface area contributed by atoms with Crippen molar-refractivity contribution in [3.63, 3.8) is 0 Å². The summed E-state index contributed by atoms with van der Waals surface area (Å²) >= 11 is 0. The van der Waals surface area contributed by atoms with Crippen molar-refractivity contribution in [2.24, 2.45) is 0 Å². The minimum absolute atomic E-state index is 0.144. The Kier molecular flexibility index (Phi) is 5.54. The van der Waals surface area contributed by atoms with E-state index in [0.717, 1.165) is 81.2 Å². The van der Waals surface area contributed by atoms with Gasteiger partial charge in [-0.2, -0.15) is 5.26 Å². The lowest BCUT2D eigenvalue weighted by Crippen LogP contribution is -2.78. The van der Waals surface area contributed by atoms with E-state index in [0.29, 0.717) is 5.56 Å². The highest BCUT2D eigenvalue weighted by molar-refractivity contribution is 5.95. The van der Waals surface area contributed by atoms with Crippen LogP contribution < -0.4 is 15.1 Å². The van der Waals surface area contributed by atoms with E-state index in [2.05, 4.69) is 62.3 Å². The van der Waals surface area contributed by atoms with Crippen LogP contribution in [0.5, 0.6) is 0 Å². The number of nitrogens with zero attached hydrogens (tertiary/aromatic N) is 6. The third-order valence-corrected chi connectivity index (χ3v) is 8.59. The monoisotopic (exact) mass is 495 g/mol. The standard InChI is InChI=1S/C29H33N7O/c1-20-15-35(26-6-4-21(13-30)28-24(26)3-2-10-32-28)17-23(37-20)16-34-18-29(19-34)9-12-36(29)27-7-5-22-14-31-11-8-25(22)33-27/h2-7,10,20,23,31H,8-9,11-12,14-19H2,1H3/t20-,23+/m1/s1. The van der Waals surface area contributed by atoms with Crippen LogP contribution in [0.1, 0.15) is 30.2 Å². The highest BCUT2D eigenvalue weighted by Crippen LogP contribution is 2.42. The predicted molar refractivity (Wildman–Crippen MR) is 144 cm³/mol. The summed E-state index contributed by atoms with van der Waals surface area (Å²) < 4.78 is 6.41. The maximum absolute atomic E-state index is 9.53. The van der Waals surface area contributed by atoms with Gasteiger partial charge in [-0.25, -0.2) is 4.98 Å². The number of benzene rings is 1. The third kappa shape index (κ3) is 3.93. The maximum atomic E-state index is 9.53. The van der Waals surface area contributed by atoms with Gasteiger partial charge in [-0.1, -0.05) is 6.07 Å². The molecular weight excluding hydrogens is 462 g/mol. The second-order valence-corrected chi connectivity index (χ2v) is 11.1. The van der Waals surface area contributed by atoms with Crippen molar-refractivity contribution in [3.05, 3.63) is 59.4 Å². The van der Waals surface area contributed by atoms with Gasteiger partial charge in [0.15, 0.2) is 0 Å². The van der Waals surface area contributed by atoms with Crippen molar-refractivity contribution in [2.45, 2.75) is 44.1 Å². The molecule has 0 aliphatic carbocycles. The molecule has 3 aromatic rings. The molecule has 8 heteroatoms. The van der Waals surface area contributed by atoms with Gasteiger partial charge in [-0.3, -0.25) is 9.88 Å². The number of pyridine rings is 2. The number of aromatic nitrogens is 2. The van der Waals surface area contributed by atoms with Crippen molar-refractivity contribution in [2.75, 3.05) is 55.6 Å². The van der Waals surface area contributed by atoms with E-state index >= 15 is 0 Å². The van der Waals surface area contributed by atoms with E-state index in [9.17, 15) is 5.26 Å². The summed E-state index contributed by atoms with van der Waals surface area (Å²) in [6.07, 6.45) is 4.31. The summed E-state index contributed by atoms with van der Waals surface area (Å²) in [6, 6.07) is 14.8. The Hall–Kier alpha value is -3.25.